The fourth-order valence-corrected chi connectivity index (χ4v) is 7.13. The predicted octanol–water partition coefficient (Wildman–Crippen LogP) is 2.99. The third-order valence-corrected chi connectivity index (χ3v) is 8.09. The van der Waals surface area contributed by atoms with Crippen LogP contribution in [-0.4, -0.2) is 14.5 Å². The second-order valence-electron chi connectivity index (χ2n) is 7.44. The molecule has 112 valence electrons. The molecule has 0 spiro atoms. The van der Waals surface area contributed by atoms with Crippen LogP contribution in [0.1, 0.15) is 24.8 Å². The molecule has 1 aromatic rings. The molecule has 4 fully saturated rings. The van der Waals surface area contributed by atoms with Crippen molar-refractivity contribution in [3.05, 3.63) is 29.8 Å². The Morgan fingerprint density at radius 1 is 0.952 bits per heavy atom. The number of hydrogen-bond donors (Lipinski definition) is 0. The fraction of sp³-hybridized carbons (Fsp3) is 0.647. The van der Waals surface area contributed by atoms with Crippen LogP contribution < -0.4 is 0 Å². The molecule has 1 aromatic carbocycles. The molecular formula is C17H20O3S. The lowest BCUT2D eigenvalue weighted by atomic mass is 9.45. The second-order valence-corrected chi connectivity index (χ2v) is 9.01. The van der Waals surface area contributed by atoms with Crippen LogP contribution in [0.5, 0.6) is 0 Å². The molecule has 4 aliphatic rings. The zero-order valence-electron chi connectivity index (χ0n) is 12.1. The maximum absolute atomic E-state index is 12.5. The molecule has 3 nitrogen and oxygen atoms in total. The van der Waals surface area contributed by atoms with Crippen molar-refractivity contribution in [1.29, 1.82) is 0 Å². The third-order valence-electron chi connectivity index (χ3n) is 6.74. The van der Waals surface area contributed by atoms with Crippen LogP contribution in [0.2, 0.25) is 0 Å². The first kappa shape index (κ1) is 12.7. The molecule has 0 aliphatic heterocycles. The highest BCUT2D eigenvalue weighted by molar-refractivity contribution is 7.86. The zero-order chi connectivity index (χ0) is 14.4. The summed E-state index contributed by atoms with van der Waals surface area (Å²) >= 11 is 0. The van der Waals surface area contributed by atoms with Gasteiger partial charge in [-0.2, -0.15) is 8.42 Å². The summed E-state index contributed by atoms with van der Waals surface area (Å²) in [4.78, 5) is 0.299. The Kier molecular flexibility index (Phi) is 2.35. The van der Waals surface area contributed by atoms with Crippen molar-refractivity contribution in [1.82, 2.24) is 0 Å². The molecule has 5 rings (SSSR count). The van der Waals surface area contributed by atoms with Crippen molar-refractivity contribution in [2.24, 2.45) is 35.5 Å². The highest BCUT2D eigenvalue weighted by atomic mass is 32.2. The van der Waals surface area contributed by atoms with Crippen LogP contribution in [0.25, 0.3) is 0 Å². The zero-order valence-corrected chi connectivity index (χ0v) is 12.9. The first-order valence-corrected chi connectivity index (χ1v) is 9.47. The largest absolute Gasteiger partial charge is 0.297 e. The molecule has 4 aliphatic carbocycles. The number of fused-ring (bicyclic) bond motifs is 2. The van der Waals surface area contributed by atoms with E-state index in [0.29, 0.717) is 10.8 Å². The molecule has 0 N–H and O–H groups in total. The summed E-state index contributed by atoms with van der Waals surface area (Å²) in [6.07, 6.45) is 3.60. The Morgan fingerprint density at radius 2 is 1.67 bits per heavy atom. The van der Waals surface area contributed by atoms with Crippen LogP contribution in [0, 0.1) is 42.4 Å². The van der Waals surface area contributed by atoms with Crippen LogP contribution in [0.15, 0.2) is 29.2 Å². The minimum absolute atomic E-state index is 0.0575. The summed E-state index contributed by atoms with van der Waals surface area (Å²) in [6, 6.07) is 6.97. The lowest BCUT2D eigenvalue weighted by Gasteiger charge is -2.59. The first-order valence-electron chi connectivity index (χ1n) is 8.06. The molecular weight excluding hydrogens is 284 g/mol. The van der Waals surface area contributed by atoms with Gasteiger partial charge in [0.05, 0.1) is 11.0 Å². The Balaban J connectivity index is 1.40. The van der Waals surface area contributed by atoms with E-state index < -0.39 is 10.1 Å². The van der Waals surface area contributed by atoms with Gasteiger partial charge in [0.1, 0.15) is 0 Å². The van der Waals surface area contributed by atoms with Gasteiger partial charge in [0.15, 0.2) is 0 Å². The van der Waals surface area contributed by atoms with Gasteiger partial charge in [-0.25, -0.2) is 0 Å². The van der Waals surface area contributed by atoms with Crippen molar-refractivity contribution in [3.8, 4) is 0 Å². The van der Waals surface area contributed by atoms with Gasteiger partial charge in [-0.15, -0.1) is 0 Å². The van der Waals surface area contributed by atoms with Gasteiger partial charge in [-0.05, 0) is 73.8 Å². The molecule has 7 atom stereocenters. The number of hydrogen-bond acceptors (Lipinski definition) is 3. The number of rotatable bonds is 3. The second kappa shape index (κ2) is 3.90. The maximum Gasteiger partial charge on any atom is 0.297 e. The van der Waals surface area contributed by atoms with E-state index in [1.54, 1.807) is 12.1 Å². The fourth-order valence-electron chi connectivity index (χ4n) is 6.02. The lowest BCUT2D eigenvalue weighted by Crippen LogP contribution is -2.57. The summed E-state index contributed by atoms with van der Waals surface area (Å²) < 4.78 is 30.6. The van der Waals surface area contributed by atoms with Crippen molar-refractivity contribution in [2.75, 3.05) is 0 Å². The van der Waals surface area contributed by atoms with Crippen LogP contribution in [0.3, 0.4) is 0 Å². The predicted molar refractivity (Wildman–Crippen MR) is 78.0 cm³/mol. The smallest absolute Gasteiger partial charge is 0.263 e. The third kappa shape index (κ3) is 1.50. The minimum atomic E-state index is -3.60. The minimum Gasteiger partial charge on any atom is -0.263 e. The molecule has 0 saturated heterocycles. The Morgan fingerprint density at radius 3 is 2.43 bits per heavy atom. The van der Waals surface area contributed by atoms with Gasteiger partial charge in [-0.3, -0.25) is 4.18 Å². The summed E-state index contributed by atoms with van der Waals surface area (Å²) in [5.74, 6) is 4.66. The Bertz CT molecular complexity index is 682. The molecule has 0 radical (unpaired) electrons. The van der Waals surface area contributed by atoms with Crippen LogP contribution in [-0.2, 0) is 14.3 Å². The average molecular weight is 304 g/mol. The molecule has 4 heteroatoms. The highest BCUT2D eigenvalue weighted by Crippen LogP contribution is 2.77. The molecule has 0 aromatic heterocycles. The normalized spacial score (nSPS) is 45.9. The van der Waals surface area contributed by atoms with E-state index in [4.69, 9.17) is 4.18 Å². The highest BCUT2D eigenvalue weighted by Gasteiger charge is 2.74. The average Bonchev–Trinajstić information content (AvgIpc) is 2.67. The van der Waals surface area contributed by atoms with Crippen molar-refractivity contribution >= 4 is 10.1 Å². The standard InChI is InChI=1S/C17H20O3S/c1-9-2-4-10(5-3-9)21(18,19)20-14-8-13-11-6-7-12-15(11)17(13)16(12)14/h2-5,11-17H,6-8H2,1H3/t11-,12-,13+,14+,15+,16-,17-/m0/s1. The Labute approximate surface area is 125 Å². The van der Waals surface area contributed by atoms with E-state index >= 15 is 0 Å². The molecule has 0 heterocycles. The van der Waals surface area contributed by atoms with E-state index in [2.05, 4.69) is 0 Å². The van der Waals surface area contributed by atoms with Gasteiger partial charge in [0.25, 0.3) is 10.1 Å². The number of benzene rings is 1. The Hall–Kier alpha value is -0.870. The summed E-state index contributed by atoms with van der Waals surface area (Å²) in [6.45, 7) is 1.96. The topological polar surface area (TPSA) is 43.4 Å². The molecule has 4 saturated carbocycles. The summed E-state index contributed by atoms with van der Waals surface area (Å²) in [5, 5.41) is 0. The van der Waals surface area contributed by atoms with Gasteiger partial charge in [-0.1, -0.05) is 17.7 Å². The van der Waals surface area contributed by atoms with E-state index in [0.717, 1.165) is 41.6 Å². The van der Waals surface area contributed by atoms with Crippen molar-refractivity contribution in [2.45, 2.75) is 37.2 Å². The van der Waals surface area contributed by atoms with E-state index in [-0.39, 0.29) is 6.10 Å². The molecule has 0 unspecified atom stereocenters. The van der Waals surface area contributed by atoms with E-state index in [9.17, 15) is 8.42 Å². The summed E-state index contributed by atoms with van der Waals surface area (Å²) in [5.41, 5.74) is 1.06. The van der Waals surface area contributed by atoms with Crippen LogP contribution >= 0.6 is 0 Å². The van der Waals surface area contributed by atoms with Gasteiger partial charge in [0.2, 0.25) is 0 Å². The number of aryl methyl sites for hydroxylation is 1. The van der Waals surface area contributed by atoms with Crippen LogP contribution in [0.4, 0.5) is 0 Å². The summed E-state index contributed by atoms with van der Waals surface area (Å²) in [7, 11) is -3.60. The maximum atomic E-state index is 12.5. The molecule has 21 heavy (non-hydrogen) atoms. The van der Waals surface area contributed by atoms with E-state index in [1.807, 2.05) is 19.1 Å². The van der Waals surface area contributed by atoms with Crippen molar-refractivity contribution < 1.29 is 12.6 Å². The quantitative estimate of drug-likeness (QED) is 0.806. The SMILES string of the molecule is Cc1ccc(S(=O)(=O)O[C@@H]2C[C@@H]3[C@@H]4CC[C@H]5[C@@H]4[C@H]3[C@@H]52)cc1. The molecule has 0 bridgehead atoms. The lowest BCUT2D eigenvalue weighted by molar-refractivity contribution is -0.136. The molecule has 0 amide bonds. The van der Waals surface area contributed by atoms with E-state index in [1.165, 1.54) is 12.8 Å². The van der Waals surface area contributed by atoms with Crippen molar-refractivity contribution in [3.63, 3.8) is 0 Å². The van der Waals surface area contributed by atoms with Gasteiger partial charge < -0.3 is 0 Å². The van der Waals surface area contributed by atoms with Gasteiger partial charge >= 0.3 is 0 Å². The first-order chi connectivity index (χ1) is 10.1. The van der Waals surface area contributed by atoms with Gasteiger partial charge in [0, 0.05) is 0 Å². The monoisotopic (exact) mass is 304 g/mol.